The molecule has 1 aliphatic rings. The third kappa shape index (κ3) is 3.03. The molecule has 1 fully saturated rings. The topological polar surface area (TPSA) is 92.6 Å². The number of benzene rings is 1. The maximum absolute atomic E-state index is 13.5. The number of halogens is 1. The van der Waals surface area contributed by atoms with Crippen molar-refractivity contribution in [1.29, 1.82) is 5.26 Å². The number of nitriles is 1. The van der Waals surface area contributed by atoms with E-state index in [1.807, 2.05) is 13.8 Å². The highest BCUT2D eigenvalue weighted by molar-refractivity contribution is 5.99. The molecule has 3 aromatic heterocycles. The first-order valence-corrected chi connectivity index (χ1v) is 10.4. The van der Waals surface area contributed by atoms with Gasteiger partial charge in [-0.25, -0.2) is 18.7 Å². The first kappa shape index (κ1) is 19.9. The van der Waals surface area contributed by atoms with Gasteiger partial charge in [0.25, 0.3) is 5.91 Å². The molecular formula is C23H20FN7O. The average molecular weight is 429 g/mol. The number of nitrogens with zero attached hydrogens (tertiary/aromatic N) is 7. The summed E-state index contributed by atoms with van der Waals surface area (Å²) in [5.41, 5.74) is 3.07. The smallest absolute Gasteiger partial charge is 0.252 e. The van der Waals surface area contributed by atoms with Crippen LogP contribution in [0.2, 0.25) is 0 Å². The molecule has 0 N–H and O–H groups in total. The molecule has 0 saturated carbocycles. The molecule has 1 saturated heterocycles. The fraction of sp³-hybridized carbons (Fsp3) is 0.261. The zero-order chi connectivity index (χ0) is 22.4. The van der Waals surface area contributed by atoms with Crippen molar-refractivity contribution in [2.75, 3.05) is 11.4 Å². The molecule has 0 spiro atoms. The molecule has 5 rings (SSSR count). The SMILES string of the molecule is CC(C)c1c(N2CCC(n3nc4ncccc4c3C#N)C2=O)cnn1-c1ccc(F)cc1. The van der Waals surface area contributed by atoms with E-state index in [9.17, 15) is 14.4 Å². The lowest BCUT2D eigenvalue weighted by Crippen LogP contribution is -2.29. The second-order valence-corrected chi connectivity index (χ2v) is 8.03. The molecule has 160 valence electrons. The van der Waals surface area contributed by atoms with Crippen molar-refractivity contribution in [2.45, 2.75) is 32.2 Å². The molecule has 0 bridgehead atoms. The minimum absolute atomic E-state index is 0.0653. The third-order valence-corrected chi connectivity index (χ3v) is 5.75. The van der Waals surface area contributed by atoms with Gasteiger partial charge in [0.2, 0.25) is 0 Å². The Hall–Kier alpha value is -4.06. The number of pyridine rings is 1. The van der Waals surface area contributed by atoms with Crippen molar-refractivity contribution in [2.24, 2.45) is 0 Å². The van der Waals surface area contributed by atoms with Gasteiger partial charge in [0.1, 0.15) is 23.6 Å². The van der Waals surface area contributed by atoms with Gasteiger partial charge in [-0.1, -0.05) is 13.8 Å². The molecule has 4 heterocycles. The quantitative estimate of drug-likeness (QED) is 0.493. The molecule has 1 atom stereocenters. The van der Waals surface area contributed by atoms with Crippen LogP contribution in [0.15, 0.2) is 48.8 Å². The standard InChI is InChI=1S/C23H20FN7O/c1-14(2)21-20(13-27-30(21)16-7-5-15(24)6-8-16)29-11-9-18(23(29)32)31-19(12-25)17-4-3-10-26-22(17)28-31/h3-8,10,13-14,18H,9,11H2,1-2H3. The molecule has 8 nitrogen and oxygen atoms in total. The Morgan fingerprint density at radius 3 is 2.72 bits per heavy atom. The summed E-state index contributed by atoms with van der Waals surface area (Å²) in [7, 11) is 0. The van der Waals surface area contributed by atoms with Gasteiger partial charge in [0.15, 0.2) is 5.65 Å². The Morgan fingerprint density at radius 2 is 2.00 bits per heavy atom. The summed E-state index contributed by atoms with van der Waals surface area (Å²) >= 11 is 0. The number of hydrogen-bond acceptors (Lipinski definition) is 5. The minimum Gasteiger partial charge on any atom is -0.307 e. The van der Waals surface area contributed by atoms with E-state index >= 15 is 0 Å². The average Bonchev–Trinajstić information content (AvgIpc) is 3.48. The number of aromatic nitrogens is 5. The van der Waals surface area contributed by atoms with Crippen LogP contribution in [0.3, 0.4) is 0 Å². The first-order valence-electron chi connectivity index (χ1n) is 10.4. The van der Waals surface area contributed by atoms with E-state index in [1.54, 1.807) is 46.2 Å². The van der Waals surface area contributed by atoms with Crippen LogP contribution < -0.4 is 4.90 Å². The zero-order valence-corrected chi connectivity index (χ0v) is 17.6. The predicted molar refractivity (Wildman–Crippen MR) is 116 cm³/mol. The lowest BCUT2D eigenvalue weighted by atomic mass is 10.1. The monoisotopic (exact) mass is 429 g/mol. The summed E-state index contributed by atoms with van der Waals surface area (Å²) < 4.78 is 16.6. The summed E-state index contributed by atoms with van der Waals surface area (Å²) in [6, 6.07) is 11.2. The highest BCUT2D eigenvalue weighted by Crippen LogP contribution is 2.36. The van der Waals surface area contributed by atoms with Crippen LogP contribution in [0.25, 0.3) is 16.7 Å². The van der Waals surface area contributed by atoms with E-state index in [1.165, 1.54) is 16.8 Å². The van der Waals surface area contributed by atoms with Crippen molar-refractivity contribution >= 4 is 22.6 Å². The molecule has 9 heteroatoms. The summed E-state index contributed by atoms with van der Waals surface area (Å²) in [6.07, 6.45) is 3.80. The van der Waals surface area contributed by atoms with Crippen LogP contribution in [0.4, 0.5) is 10.1 Å². The van der Waals surface area contributed by atoms with E-state index in [2.05, 4.69) is 21.3 Å². The molecule has 1 aromatic carbocycles. The number of carbonyl (C=O) groups excluding carboxylic acids is 1. The predicted octanol–water partition coefficient (Wildman–Crippen LogP) is 3.73. The van der Waals surface area contributed by atoms with Gasteiger partial charge in [0.05, 0.1) is 28.7 Å². The molecule has 1 aliphatic heterocycles. The number of amides is 1. The maximum Gasteiger partial charge on any atom is 0.252 e. The third-order valence-electron chi connectivity index (χ3n) is 5.75. The molecule has 1 unspecified atom stereocenters. The van der Waals surface area contributed by atoms with E-state index < -0.39 is 6.04 Å². The first-order chi connectivity index (χ1) is 15.5. The Labute approximate surface area is 183 Å². The lowest BCUT2D eigenvalue weighted by Gasteiger charge is -2.20. The molecule has 0 aliphatic carbocycles. The van der Waals surface area contributed by atoms with Crippen LogP contribution in [-0.4, -0.2) is 37.0 Å². The Balaban J connectivity index is 1.54. The highest BCUT2D eigenvalue weighted by atomic mass is 19.1. The molecule has 0 radical (unpaired) electrons. The number of hydrogen-bond donors (Lipinski definition) is 0. The van der Waals surface area contributed by atoms with E-state index in [0.29, 0.717) is 35.4 Å². The van der Waals surface area contributed by atoms with Crippen LogP contribution in [0.5, 0.6) is 0 Å². The van der Waals surface area contributed by atoms with Gasteiger partial charge in [0, 0.05) is 12.7 Å². The second-order valence-electron chi connectivity index (χ2n) is 8.03. The van der Waals surface area contributed by atoms with Gasteiger partial charge in [-0.2, -0.15) is 15.5 Å². The van der Waals surface area contributed by atoms with Crippen LogP contribution >= 0.6 is 0 Å². The van der Waals surface area contributed by atoms with Gasteiger partial charge >= 0.3 is 0 Å². The Kier molecular flexibility index (Phi) is 4.70. The normalized spacial score (nSPS) is 16.3. The fourth-order valence-corrected chi connectivity index (χ4v) is 4.29. The van der Waals surface area contributed by atoms with Crippen LogP contribution in [0, 0.1) is 17.1 Å². The number of carbonyl (C=O) groups is 1. The zero-order valence-electron chi connectivity index (χ0n) is 17.6. The number of rotatable bonds is 4. The van der Waals surface area contributed by atoms with Crippen molar-refractivity contribution in [1.82, 2.24) is 24.5 Å². The van der Waals surface area contributed by atoms with Crippen LogP contribution in [0.1, 0.15) is 43.6 Å². The van der Waals surface area contributed by atoms with E-state index in [0.717, 1.165) is 11.4 Å². The maximum atomic E-state index is 13.5. The van der Waals surface area contributed by atoms with Crippen molar-refractivity contribution < 1.29 is 9.18 Å². The molecule has 4 aromatic rings. The lowest BCUT2D eigenvalue weighted by molar-refractivity contribution is -0.120. The molecule has 1 amide bonds. The fourth-order valence-electron chi connectivity index (χ4n) is 4.29. The van der Waals surface area contributed by atoms with Gasteiger partial charge < -0.3 is 4.90 Å². The van der Waals surface area contributed by atoms with Crippen molar-refractivity contribution in [3.05, 3.63) is 66.0 Å². The van der Waals surface area contributed by atoms with E-state index in [4.69, 9.17) is 0 Å². The highest BCUT2D eigenvalue weighted by Gasteiger charge is 2.38. The second kappa shape index (κ2) is 7.57. The summed E-state index contributed by atoms with van der Waals surface area (Å²) in [5, 5.41) is 19.3. The van der Waals surface area contributed by atoms with Crippen molar-refractivity contribution in [3.8, 4) is 11.8 Å². The van der Waals surface area contributed by atoms with Gasteiger partial charge in [-0.05, 0) is 48.7 Å². The Bertz CT molecular complexity index is 1360. The largest absolute Gasteiger partial charge is 0.307 e. The van der Waals surface area contributed by atoms with E-state index in [-0.39, 0.29) is 17.6 Å². The van der Waals surface area contributed by atoms with Gasteiger partial charge in [-0.3, -0.25) is 4.79 Å². The summed E-state index contributed by atoms with van der Waals surface area (Å²) in [4.78, 5) is 19.4. The van der Waals surface area contributed by atoms with Crippen LogP contribution in [-0.2, 0) is 4.79 Å². The molecule has 32 heavy (non-hydrogen) atoms. The summed E-state index contributed by atoms with van der Waals surface area (Å²) in [5.74, 6) is -0.399. The number of fused-ring (bicyclic) bond motifs is 1. The van der Waals surface area contributed by atoms with Crippen molar-refractivity contribution in [3.63, 3.8) is 0 Å². The molecular weight excluding hydrogens is 409 g/mol. The summed E-state index contributed by atoms with van der Waals surface area (Å²) in [6.45, 7) is 4.53. The minimum atomic E-state index is -0.590. The number of anilines is 1. The van der Waals surface area contributed by atoms with Gasteiger partial charge in [-0.15, -0.1) is 0 Å². The Morgan fingerprint density at radius 1 is 1.22 bits per heavy atom.